The number of aryl methyl sites for hydroxylation is 1. The zero-order chi connectivity index (χ0) is 16.8. The monoisotopic (exact) mass is 347 g/mol. The van der Waals surface area contributed by atoms with E-state index in [1.54, 1.807) is 36.4 Å². The first-order valence-corrected chi connectivity index (χ1v) is 7.48. The summed E-state index contributed by atoms with van der Waals surface area (Å²) < 4.78 is 0. The molecule has 0 bridgehead atoms. The van der Waals surface area contributed by atoms with Crippen LogP contribution in [0.15, 0.2) is 48.5 Å². The van der Waals surface area contributed by atoms with Gasteiger partial charge in [-0.1, -0.05) is 29.3 Å². The van der Waals surface area contributed by atoms with E-state index in [2.05, 4.69) is 16.2 Å². The average Bonchev–Trinajstić information content (AvgIpc) is 2.54. The van der Waals surface area contributed by atoms with Crippen molar-refractivity contribution < 1.29 is 9.59 Å². The van der Waals surface area contributed by atoms with Gasteiger partial charge in [-0.2, -0.15) is 0 Å². The van der Waals surface area contributed by atoms with Crippen LogP contribution in [-0.2, 0) is 0 Å². The van der Waals surface area contributed by atoms with Crippen LogP contribution in [0, 0.1) is 6.92 Å². The number of carbonyl (C=O) groups excluding carboxylic acids is 2. The molecule has 5 nitrogen and oxygen atoms in total. The molecule has 0 aliphatic heterocycles. The van der Waals surface area contributed by atoms with Crippen molar-refractivity contribution in [2.75, 3.05) is 0 Å². The van der Waals surface area contributed by atoms with Crippen molar-refractivity contribution in [3.8, 4) is 0 Å². The highest BCUT2D eigenvalue weighted by Crippen LogP contribution is 2.09. The van der Waals surface area contributed by atoms with Crippen molar-refractivity contribution in [1.29, 1.82) is 0 Å². The summed E-state index contributed by atoms with van der Waals surface area (Å²) in [5, 5.41) is 2.98. The smallest absolute Gasteiger partial charge is 0.269 e. The van der Waals surface area contributed by atoms with Gasteiger partial charge >= 0.3 is 0 Å². The van der Waals surface area contributed by atoms with Crippen LogP contribution in [0.2, 0.25) is 5.02 Å². The quantitative estimate of drug-likeness (QED) is 0.577. The molecule has 0 spiro atoms. The van der Waals surface area contributed by atoms with Gasteiger partial charge in [-0.15, -0.1) is 0 Å². The Labute approximate surface area is 144 Å². The number of carbonyl (C=O) groups is 2. The molecule has 0 unspecified atom stereocenters. The topological polar surface area (TPSA) is 70.2 Å². The van der Waals surface area contributed by atoms with E-state index < -0.39 is 5.91 Å². The van der Waals surface area contributed by atoms with Gasteiger partial charge in [0, 0.05) is 16.1 Å². The Balaban J connectivity index is 1.85. The van der Waals surface area contributed by atoms with Gasteiger partial charge in [-0.05, 0) is 55.5 Å². The molecule has 3 N–H and O–H groups in total. The fourth-order valence-electron chi connectivity index (χ4n) is 1.70. The van der Waals surface area contributed by atoms with Gasteiger partial charge in [0.15, 0.2) is 5.11 Å². The van der Waals surface area contributed by atoms with Crippen LogP contribution < -0.4 is 16.2 Å². The Kier molecular flexibility index (Phi) is 5.67. The summed E-state index contributed by atoms with van der Waals surface area (Å²) in [4.78, 5) is 23.8. The Hall–Kier alpha value is -2.44. The van der Waals surface area contributed by atoms with E-state index in [1.807, 2.05) is 19.1 Å². The summed E-state index contributed by atoms with van der Waals surface area (Å²) >= 11 is 10.7. The largest absolute Gasteiger partial charge is 0.298 e. The Morgan fingerprint density at radius 1 is 0.870 bits per heavy atom. The molecule has 7 heteroatoms. The fraction of sp³-hybridized carbons (Fsp3) is 0.0625. The normalized spacial score (nSPS) is 9.83. The molecule has 0 fully saturated rings. The second-order valence-corrected chi connectivity index (χ2v) is 5.58. The second-order valence-electron chi connectivity index (χ2n) is 4.74. The first-order chi connectivity index (χ1) is 11.0. The van der Waals surface area contributed by atoms with E-state index in [9.17, 15) is 9.59 Å². The summed E-state index contributed by atoms with van der Waals surface area (Å²) in [6.45, 7) is 1.93. The number of thiocarbonyl (C=S) groups is 1. The first-order valence-electron chi connectivity index (χ1n) is 6.69. The number of amides is 2. The number of benzene rings is 2. The van der Waals surface area contributed by atoms with E-state index in [-0.39, 0.29) is 11.0 Å². The van der Waals surface area contributed by atoms with Crippen molar-refractivity contribution in [1.82, 2.24) is 16.2 Å². The molecule has 2 aromatic carbocycles. The van der Waals surface area contributed by atoms with Gasteiger partial charge in [-0.3, -0.25) is 25.8 Å². The number of halogens is 1. The van der Waals surface area contributed by atoms with Crippen LogP contribution in [0.25, 0.3) is 0 Å². The van der Waals surface area contributed by atoms with Crippen LogP contribution in [0.3, 0.4) is 0 Å². The molecule has 2 rings (SSSR count). The molecule has 0 saturated carbocycles. The SMILES string of the molecule is Cc1ccc(C(=O)NNC(=S)NC(=O)c2ccc(Cl)cc2)cc1. The fourth-order valence-corrected chi connectivity index (χ4v) is 1.97. The van der Waals surface area contributed by atoms with E-state index in [0.717, 1.165) is 5.56 Å². The van der Waals surface area contributed by atoms with Gasteiger partial charge in [0.25, 0.3) is 11.8 Å². The Morgan fingerprint density at radius 3 is 2.00 bits per heavy atom. The predicted octanol–water partition coefficient (Wildman–Crippen LogP) is 2.60. The number of nitrogens with one attached hydrogen (secondary N) is 3. The lowest BCUT2D eigenvalue weighted by molar-refractivity contribution is 0.0934. The minimum Gasteiger partial charge on any atom is -0.298 e. The minimum absolute atomic E-state index is 0.00888. The van der Waals surface area contributed by atoms with Gasteiger partial charge in [-0.25, -0.2) is 0 Å². The maximum absolute atomic E-state index is 11.9. The van der Waals surface area contributed by atoms with Crippen LogP contribution in [0.1, 0.15) is 26.3 Å². The minimum atomic E-state index is -0.399. The zero-order valence-electron chi connectivity index (χ0n) is 12.2. The van der Waals surface area contributed by atoms with Crippen molar-refractivity contribution in [2.24, 2.45) is 0 Å². The maximum Gasteiger partial charge on any atom is 0.269 e. The highest BCUT2D eigenvalue weighted by atomic mass is 35.5. The van der Waals surface area contributed by atoms with Gasteiger partial charge in [0.2, 0.25) is 0 Å². The van der Waals surface area contributed by atoms with Crippen LogP contribution >= 0.6 is 23.8 Å². The average molecular weight is 348 g/mol. The summed E-state index contributed by atoms with van der Waals surface area (Å²) in [7, 11) is 0. The van der Waals surface area contributed by atoms with Crippen LogP contribution in [0.5, 0.6) is 0 Å². The standard InChI is InChI=1S/C16H14ClN3O2S/c1-10-2-4-12(5-3-10)15(22)19-20-16(23)18-14(21)11-6-8-13(17)9-7-11/h2-9H,1H3,(H,19,22)(H2,18,20,21,23). The lowest BCUT2D eigenvalue weighted by Crippen LogP contribution is -2.48. The van der Waals surface area contributed by atoms with Crippen molar-refractivity contribution in [3.63, 3.8) is 0 Å². The van der Waals surface area contributed by atoms with E-state index in [1.165, 1.54) is 0 Å². The predicted molar refractivity (Wildman–Crippen MR) is 93.3 cm³/mol. The van der Waals surface area contributed by atoms with Crippen molar-refractivity contribution >= 4 is 40.7 Å². The summed E-state index contributed by atoms with van der Waals surface area (Å²) in [5.41, 5.74) is 6.84. The zero-order valence-corrected chi connectivity index (χ0v) is 13.8. The molecule has 0 heterocycles. The Morgan fingerprint density at radius 2 is 1.39 bits per heavy atom. The lowest BCUT2D eigenvalue weighted by Gasteiger charge is -2.11. The second kappa shape index (κ2) is 7.71. The highest BCUT2D eigenvalue weighted by molar-refractivity contribution is 7.80. The van der Waals surface area contributed by atoms with Crippen LogP contribution in [0.4, 0.5) is 0 Å². The van der Waals surface area contributed by atoms with Gasteiger partial charge < -0.3 is 0 Å². The summed E-state index contributed by atoms with van der Waals surface area (Å²) in [5.74, 6) is -0.753. The molecule has 2 aromatic rings. The maximum atomic E-state index is 11.9. The third-order valence-electron chi connectivity index (χ3n) is 2.94. The molecule has 118 valence electrons. The molecular formula is C16H14ClN3O2S. The third kappa shape index (κ3) is 5.05. The molecule has 0 atom stereocenters. The van der Waals surface area contributed by atoms with Crippen molar-refractivity contribution in [3.05, 3.63) is 70.2 Å². The first kappa shape index (κ1) is 16.9. The van der Waals surface area contributed by atoms with Gasteiger partial charge in [0.05, 0.1) is 0 Å². The summed E-state index contributed by atoms with van der Waals surface area (Å²) in [6.07, 6.45) is 0. The number of hydrazine groups is 1. The van der Waals surface area contributed by atoms with E-state index in [0.29, 0.717) is 16.1 Å². The van der Waals surface area contributed by atoms with E-state index >= 15 is 0 Å². The van der Waals surface area contributed by atoms with Crippen LogP contribution in [-0.4, -0.2) is 16.9 Å². The van der Waals surface area contributed by atoms with E-state index in [4.69, 9.17) is 23.8 Å². The molecule has 23 heavy (non-hydrogen) atoms. The molecule has 2 amide bonds. The highest BCUT2D eigenvalue weighted by Gasteiger charge is 2.09. The number of rotatable bonds is 2. The molecule has 0 saturated heterocycles. The molecule has 0 aliphatic rings. The van der Waals surface area contributed by atoms with Crippen molar-refractivity contribution in [2.45, 2.75) is 6.92 Å². The molecule has 0 aromatic heterocycles. The number of hydrogen-bond donors (Lipinski definition) is 3. The lowest BCUT2D eigenvalue weighted by atomic mass is 10.1. The summed E-state index contributed by atoms with van der Waals surface area (Å²) in [6, 6.07) is 13.4. The third-order valence-corrected chi connectivity index (χ3v) is 3.39. The molecular weight excluding hydrogens is 334 g/mol. The van der Waals surface area contributed by atoms with Gasteiger partial charge in [0.1, 0.15) is 0 Å². The Bertz CT molecular complexity index is 730. The molecule has 0 aliphatic carbocycles. The number of hydrogen-bond acceptors (Lipinski definition) is 3. The molecule has 0 radical (unpaired) electrons.